The fourth-order valence-electron chi connectivity index (χ4n) is 1.24. The van der Waals surface area contributed by atoms with Gasteiger partial charge in [0.2, 0.25) is 0 Å². The summed E-state index contributed by atoms with van der Waals surface area (Å²) in [5.74, 6) is 5.72. The summed E-state index contributed by atoms with van der Waals surface area (Å²) in [4.78, 5) is 7.80. The number of hydrazine groups is 1. The summed E-state index contributed by atoms with van der Waals surface area (Å²) in [6.07, 6.45) is 1.32. The molecule has 0 unspecified atom stereocenters. The van der Waals surface area contributed by atoms with Crippen LogP contribution in [0.15, 0.2) is 30.6 Å². The van der Waals surface area contributed by atoms with E-state index in [-0.39, 0.29) is 5.82 Å². The Morgan fingerprint density at radius 2 is 1.94 bits per heavy atom. The molecule has 5 nitrogen and oxygen atoms in total. The van der Waals surface area contributed by atoms with Gasteiger partial charge < -0.3 is 10.7 Å². The molecule has 0 aliphatic carbocycles. The molecule has 88 valence electrons. The zero-order valence-corrected chi connectivity index (χ0v) is 9.37. The second-order valence-electron chi connectivity index (χ2n) is 3.18. The SMILES string of the molecule is NNc1cc(Nc2cc(F)ccc2Cl)ncn1. The molecule has 2 rings (SSSR count). The number of hydrogen-bond acceptors (Lipinski definition) is 5. The van der Waals surface area contributed by atoms with Gasteiger partial charge in [0.15, 0.2) is 0 Å². The van der Waals surface area contributed by atoms with Crippen molar-refractivity contribution in [3.63, 3.8) is 0 Å². The molecule has 0 amide bonds. The minimum absolute atomic E-state index is 0.386. The number of nitrogens with two attached hydrogens (primary N) is 1. The van der Waals surface area contributed by atoms with Crippen molar-refractivity contribution < 1.29 is 4.39 Å². The molecule has 7 heteroatoms. The normalized spacial score (nSPS) is 10.1. The summed E-state index contributed by atoms with van der Waals surface area (Å²) < 4.78 is 13.0. The maximum atomic E-state index is 13.0. The van der Waals surface area contributed by atoms with Crippen LogP contribution in [-0.2, 0) is 0 Å². The first-order chi connectivity index (χ1) is 8.19. The smallest absolute Gasteiger partial charge is 0.145 e. The van der Waals surface area contributed by atoms with E-state index in [1.807, 2.05) is 0 Å². The van der Waals surface area contributed by atoms with Gasteiger partial charge in [0.05, 0.1) is 10.7 Å². The first-order valence-corrected chi connectivity index (χ1v) is 5.07. The highest BCUT2D eigenvalue weighted by molar-refractivity contribution is 6.33. The van der Waals surface area contributed by atoms with E-state index in [4.69, 9.17) is 17.4 Å². The molecule has 0 atom stereocenters. The highest BCUT2D eigenvalue weighted by atomic mass is 35.5. The first-order valence-electron chi connectivity index (χ1n) is 4.70. The Kier molecular flexibility index (Phi) is 3.36. The number of nitrogens with zero attached hydrogens (tertiary/aromatic N) is 2. The lowest BCUT2D eigenvalue weighted by molar-refractivity contribution is 0.628. The van der Waals surface area contributed by atoms with Crippen LogP contribution in [0, 0.1) is 5.82 Å². The van der Waals surface area contributed by atoms with Crippen molar-refractivity contribution in [2.45, 2.75) is 0 Å². The van der Waals surface area contributed by atoms with Crippen LogP contribution in [0.25, 0.3) is 0 Å². The third-order valence-corrected chi connectivity index (χ3v) is 2.34. The average molecular weight is 254 g/mol. The number of anilines is 3. The summed E-state index contributed by atoms with van der Waals surface area (Å²) in [5.41, 5.74) is 2.81. The van der Waals surface area contributed by atoms with Gasteiger partial charge in [-0.15, -0.1) is 0 Å². The minimum atomic E-state index is -0.386. The molecule has 0 bridgehead atoms. The number of aromatic nitrogens is 2. The Labute approximate surface area is 102 Å². The standard InChI is InChI=1S/C10H9ClFN5/c11-7-2-1-6(12)3-8(7)16-9-4-10(17-13)15-5-14-9/h1-5H,13H2,(H2,14,15,16,17). The van der Waals surface area contributed by atoms with Gasteiger partial charge >= 0.3 is 0 Å². The van der Waals surface area contributed by atoms with Gasteiger partial charge in [-0.3, -0.25) is 0 Å². The van der Waals surface area contributed by atoms with E-state index < -0.39 is 0 Å². The van der Waals surface area contributed by atoms with Crippen LogP contribution in [0.1, 0.15) is 0 Å². The number of nitrogen functional groups attached to an aromatic ring is 1. The second-order valence-corrected chi connectivity index (χ2v) is 3.59. The van der Waals surface area contributed by atoms with Crippen molar-refractivity contribution in [1.82, 2.24) is 9.97 Å². The zero-order valence-electron chi connectivity index (χ0n) is 8.61. The molecule has 0 aliphatic rings. The minimum Gasteiger partial charge on any atom is -0.339 e. The second kappa shape index (κ2) is 4.94. The average Bonchev–Trinajstić information content (AvgIpc) is 2.34. The van der Waals surface area contributed by atoms with Crippen molar-refractivity contribution >= 4 is 28.9 Å². The topological polar surface area (TPSA) is 75.9 Å². The van der Waals surface area contributed by atoms with Gasteiger partial charge in [-0.1, -0.05) is 11.6 Å². The third-order valence-electron chi connectivity index (χ3n) is 2.01. The van der Waals surface area contributed by atoms with E-state index in [9.17, 15) is 4.39 Å². The highest BCUT2D eigenvalue weighted by Crippen LogP contribution is 2.25. The molecular weight excluding hydrogens is 245 g/mol. The molecule has 0 fully saturated rings. The van der Waals surface area contributed by atoms with Gasteiger partial charge in [0.1, 0.15) is 23.8 Å². The fourth-order valence-corrected chi connectivity index (χ4v) is 1.40. The van der Waals surface area contributed by atoms with Crippen LogP contribution in [0.2, 0.25) is 5.02 Å². The molecule has 2 aromatic rings. The van der Waals surface area contributed by atoms with Crippen LogP contribution in [0.5, 0.6) is 0 Å². The molecule has 1 aromatic heterocycles. The van der Waals surface area contributed by atoms with Crippen LogP contribution in [0.4, 0.5) is 21.7 Å². The summed E-state index contributed by atoms with van der Waals surface area (Å²) in [6.45, 7) is 0. The lowest BCUT2D eigenvalue weighted by atomic mass is 10.3. The summed E-state index contributed by atoms with van der Waals surface area (Å²) in [5, 5.41) is 3.26. The van der Waals surface area contributed by atoms with Crippen molar-refractivity contribution in [3.05, 3.63) is 41.4 Å². The van der Waals surface area contributed by atoms with Gasteiger partial charge in [-0.05, 0) is 18.2 Å². The molecular formula is C10H9ClFN5. The highest BCUT2D eigenvalue weighted by Gasteiger charge is 2.04. The van der Waals surface area contributed by atoms with E-state index in [2.05, 4.69) is 20.7 Å². The van der Waals surface area contributed by atoms with E-state index >= 15 is 0 Å². The monoisotopic (exact) mass is 253 g/mol. The van der Waals surface area contributed by atoms with Gasteiger partial charge in [0.25, 0.3) is 0 Å². The van der Waals surface area contributed by atoms with Crippen molar-refractivity contribution in [2.24, 2.45) is 5.84 Å². The quantitative estimate of drug-likeness (QED) is 0.578. The molecule has 17 heavy (non-hydrogen) atoms. The number of benzene rings is 1. The lowest BCUT2D eigenvalue weighted by Gasteiger charge is -2.08. The number of halogens is 2. The fraction of sp³-hybridized carbons (Fsp3) is 0. The van der Waals surface area contributed by atoms with Crippen molar-refractivity contribution in [2.75, 3.05) is 10.7 Å². The molecule has 0 saturated heterocycles. The Morgan fingerprint density at radius 3 is 2.71 bits per heavy atom. The Balaban J connectivity index is 2.27. The molecule has 1 aromatic carbocycles. The van der Waals surface area contributed by atoms with Crippen LogP contribution in [0.3, 0.4) is 0 Å². The van der Waals surface area contributed by atoms with Gasteiger partial charge in [-0.25, -0.2) is 20.2 Å². The number of hydrogen-bond donors (Lipinski definition) is 3. The zero-order chi connectivity index (χ0) is 12.3. The Bertz CT molecular complexity index is 534. The lowest BCUT2D eigenvalue weighted by Crippen LogP contribution is -2.09. The van der Waals surface area contributed by atoms with Crippen molar-refractivity contribution in [1.29, 1.82) is 0 Å². The third kappa shape index (κ3) is 2.80. The van der Waals surface area contributed by atoms with E-state index in [0.717, 1.165) is 0 Å². The maximum Gasteiger partial charge on any atom is 0.145 e. The van der Waals surface area contributed by atoms with E-state index in [1.54, 1.807) is 6.07 Å². The molecule has 0 spiro atoms. The number of nitrogens with one attached hydrogen (secondary N) is 2. The van der Waals surface area contributed by atoms with E-state index in [0.29, 0.717) is 22.3 Å². The van der Waals surface area contributed by atoms with Crippen LogP contribution in [-0.4, -0.2) is 9.97 Å². The van der Waals surface area contributed by atoms with E-state index in [1.165, 1.54) is 24.5 Å². The molecule has 4 N–H and O–H groups in total. The van der Waals surface area contributed by atoms with Gasteiger partial charge in [-0.2, -0.15) is 0 Å². The summed E-state index contributed by atoms with van der Waals surface area (Å²) >= 11 is 5.91. The predicted molar refractivity (Wildman–Crippen MR) is 64.5 cm³/mol. The molecule has 1 heterocycles. The summed E-state index contributed by atoms with van der Waals surface area (Å²) in [7, 11) is 0. The first kappa shape index (κ1) is 11.6. The Morgan fingerprint density at radius 1 is 1.18 bits per heavy atom. The van der Waals surface area contributed by atoms with Crippen molar-refractivity contribution in [3.8, 4) is 0 Å². The molecule has 0 saturated carbocycles. The summed E-state index contributed by atoms with van der Waals surface area (Å²) in [6, 6.07) is 5.59. The molecule has 0 radical (unpaired) electrons. The van der Waals surface area contributed by atoms with Crippen LogP contribution >= 0.6 is 11.6 Å². The maximum absolute atomic E-state index is 13.0. The Hall–Kier alpha value is -1.92. The predicted octanol–water partition coefficient (Wildman–Crippen LogP) is 2.30. The number of rotatable bonds is 3. The largest absolute Gasteiger partial charge is 0.339 e. The van der Waals surface area contributed by atoms with Crippen LogP contribution < -0.4 is 16.6 Å². The molecule has 0 aliphatic heterocycles. The van der Waals surface area contributed by atoms with Gasteiger partial charge in [0, 0.05) is 6.07 Å².